The number of aliphatic hydroxyl groups excluding tert-OH is 1. The standard InChI is InChI=1S/C7H15NO/c1-3-8-4-7(5-8)6(2)9/h6-7,9H,3-5H2,1-2H3/t6-/m0/s1. The predicted molar refractivity (Wildman–Crippen MR) is 37.3 cm³/mol. The summed E-state index contributed by atoms with van der Waals surface area (Å²) in [5.41, 5.74) is 0. The van der Waals surface area contributed by atoms with Crippen LogP contribution in [0.4, 0.5) is 0 Å². The zero-order chi connectivity index (χ0) is 6.85. The number of hydrogen-bond donors (Lipinski definition) is 1. The molecule has 2 heteroatoms. The van der Waals surface area contributed by atoms with Crippen LogP contribution in [-0.2, 0) is 0 Å². The highest BCUT2D eigenvalue weighted by Crippen LogP contribution is 2.17. The van der Waals surface area contributed by atoms with E-state index in [9.17, 15) is 0 Å². The van der Waals surface area contributed by atoms with Crippen molar-refractivity contribution in [2.24, 2.45) is 5.92 Å². The normalized spacial score (nSPS) is 25.7. The molecule has 0 radical (unpaired) electrons. The van der Waals surface area contributed by atoms with Crippen LogP contribution in [0.1, 0.15) is 13.8 Å². The van der Waals surface area contributed by atoms with Crippen LogP contribution in [0.3, 0.4) is 0 Å². The minimum Gasteiger partial charge on any atom is -0.393 e. The molecule has 54 valence electrons. The molecule has 0 unspecified atom stereocenters. The van der Waals surface area contributed by atoms with Gasteiger partial charge >= 0.3 is 0 Å². The van der Waals surface area contributed by atoms with E-state index < -0.39 is 0 Å². The van der Waals surface area contributed by atoms with Gasteiger partial charge in [0.1, 0.15) is 0 Å². The van der Waals surface area contributed by atoms with E-state index in [2.05, 4.69) is 11.8 Å². The topological polar surface area (TPSA) is 23.5 Å². The van der Waals surface area contributed by atoms with Gasteiger partial charge < -0.3 is 10.0 Å². The van der Waals surface area contributed by atoms with Gasteiger partial charge in [-0.1, -0.05) is 6.92 Å². The van der Waals surface area contributed by atoms with Gasteiger partial charge in [0.25, 0.3) is 0 Å². The van der Waals surface area contributed by atoms with E-state index in [0.29, 0.717) is 5.92 Å². The van der Waals surface area contributed by atoms with Gasteiger partial charge in [0.05, 0.1) is 6.10 Å². The van der Waals surface area contributed by atoms with E-state index in [4.69, 9.17) is 5.11 Å². The fourth-order valence-corrected chi connectivity index (χ4v) is 1.17. The zero-order valence-electron chi connectivity index (χ0n) is 6.17. The summed E-state index contributed by atoms with van der Waals surface area (Å²) < 4.78 is 0. The Morgan fingerprint density at radius 3 is 2.56 bits per heavy atom. The first-order valence-corrected chi connectivity index (χ1v) is 3.64. The Morgan fingerprint density at radius 2 is 2.22 bits per heavy atom. The molecule has 1 N–H and O–H groups in total. The molecule has 1 saturated heterocycles. The smallest absolute Gasteiger partial charge is 0.0564 e. The fourth-order valence-electron chi connectivity index (χ4n) is 1.17. The zero-order valence-corrected chi connectivity index (χ0v) is 6.17. The Hall–Kier alpha value is -0.0800. The second kappa shape index (κ2) is 2.67. The first-order chi connectivity index (χ1) is 4.24. The van der Waals surface area contributed by atoms with Crippen molar-refractivity contribution in [2.75, 3.05) is 19.6 Å². The van der Waals surface area contributed by atoms with Gasteiger partial charge in [0.15, 0.2) is 0 Å². The lowest BCUT2D eigenvalue weighted by Gasteiger charge is -2.40. The van der Waals surface area contributed by atoms with Crippen LogP contribution in [0.25, 0.3) is 0 Å². The molecule has 9 heavy (non-hydrogen) atoms. The van der Waals surface area contributed by atoms with Gasteiger partial charge in [-0.25, -0.2) is 0 Å². The maximum absolute atomic E-state index is 9.06. The first-order valence-electron chi connectivity index (χ1n) is 3.64. The van der Waals surface area contributed by atoms with Crippen molar-refractivity contribution < 1.29 is 5.11 Å². The molecule has 1 fully saturated rings. The Labute approximate surface area is 56.5 Å². The molecule has 0 saturated carbocycles. The lowest BCUT2D eigenvalue weighted by Crippen LogP contribution is -2.50. The van der Waals surface area contributed by atoms with E-state index in [0.717, 1.165) is 19.6 Å². The summed E-state index contributed by atoms with van der Waals surface area (Å²) in [5, 5.41) is 9.06. The van der Waals surface area contributed by atoms with Crippen LogP contribution in [0.15, 0.2) is 0 Å². The maximum atomic E-state index is 9.06. The molecule has 0 amide bonds. The largest absolute Gasteiger partial charge is 0.393 e. The molecule has 1 aliphatic rings. The van der Waals surface area contributed by atoms with Gasteiger partial charge in [-0.05, 0) is 13.5 Å². The van der Waals surface area contributed by atoms with Crippen molar-refractivity contribution in [1.29, 1.82) is 0 Å². The fraction of sp³-hybridized carbons (Fsp3) is 1.00. The average Bonchev–Trinajstić information content (AvgIpc) is 1.61. The lowest BCUT2D eigenvalue weighted by molar-refractivity contribution is 0.00900. The monoisotopic (exact) mass is 129 g/mol. The summed E-state index contributed by atoms with van der Waals surface area (Å²) in [6.45, 7) is 7.33. The third kappa shape index (κ3) is 1.43. The van der Waals surface area contributed by atoms with Crippen molar-refractivity contribution in [2.45, 2.75) is 20.0 Å². The van der Waals surface area contributed by atoms with Gasteiger partial charge in [0.2, 0.25) is 0 Å². The van der Waals surface area contributed by atoms with Crippen LogP contribution >= 0.6 is 0 Å². The minimum absolute atomic E-state index is 0.104. The Kier molecular flexibility index (Phi) is 2.09. The molecular formula is C7H15NO. The Bertz CT molecular complexity index is 86.9. The van der Waals surface area contributed by atoms with E-state index in [1.54, 1.807) is 0 Å². The van der Waals surface area contributed by atoms with Gasteiger partial charge in [-0.15, -0.1) is 0 Å². The molecule has 0 spiro atoms. The second-order valence-corrected chi connectivity index (χ2v) is 2.85. The Balaban J connectivity index is 2.12. The van der Waals surface area contributed by atoms with Crippen LogP contribution in [0.5, 0.6) is 0 Å². The number of likely N-dealkylation sites (tertiary alicyclic amines) is 1. The molecular weight excluding hydrogens is 114 g/mol. The third-order valence-electron chi connectivity index (χ3n) is 2.11. The average molecular weight is 129 g/mol. The van der Waals surface area contributed by atoms with Crippen molar-refractivity contribution >= 4 is 0 Å². The summed E-state index contributed by atoms with van der Waals surface area (Å²) in [7, 11) is 0. The molecule has 0 aromatic carbocycles. The van der Waals surface area contributed by atoms with E-state index in [1.807, 2.05) is 6.92 Å². The van der Waals surface area contributed by atoms with Crippen molar-refractivity contribution in [3.05, 3.63) is 0 Å². The van der Waals surface area contributed by atoms with E-state index in [1.165, 1.54) is 0 Å². The summed E-state index contributed by atoms with van der Waals surface area (Å²) in [6.07, 6.45) is -0.104. The summed E-state index contributed by atoms with van der Waals surface area (Å²) in [4.78, 5) is 2.33. The molecule has 1 aliphatic heterocycles. The maximum Gasteiger partial charge on any atom is 0.0564 e. The number of nitrogens with zero attached hydrogens (tertiary/aromatic N) is 1. The molecule has 2 nitrogen and oxygen atoms in total. The van der Waals surface area contributed by atoms with E-state index in [-0.39, 0.29) is 6.10 Å². The first kappa shape index (κ1) is 7.03. The second-order valence-electron chi connectivity index (χ2n) is 2.85. The van der Waals surface area contributed by atoms with Gasteiger partial charge in [0, 0.05) is 19.0 Å². The summed E-state index contributed by atoms with van der Waals surface area (Å²) >= 11 is 0. The van der Waals surface area contributed by atoms with Crippen LogP contribution in [-0.4, -0.2) is 35.7 Å². The molecule has 1 heterocycles. The molecule has 0 aliphatic carbocycles. The third-order valence-corrected chi connectivity index (χ3v) is 2.11. The number of aliphatic hydroxyl groups is 1. The minimum atomic E-state index is -0.104. The highest BCUT2D eigenvalue weighted by molar-refractivity contribution is 4.81. The summed E-state index contributed by atoms with van der Waals surface area (Å²) in [5.74, 6) is 0.546. The van der Waals surface area contributed by atoms with Gasteiger partial charge in [-0.2, -0.15) is 0 Å². The van der Waals surface area contributed by atoms with Crippen LogP contribution in [0, 0.1) is 5.92 Å². The number of rotatable bonds is 2. The van der Waals surface area contributed by atoms with Crippen molar-refractivity contribution in [3.63, 3.8) is 0 Å². The van der Waals surface area contributed by atoms with E-state index >= 15 is 0 Å². The van der Waals surface area contributed by atoms with Crippen molar-refractivity contribution in [3.8, 4) is 0 Å². The quantitative estimate of drug-likeness (QED) is 0.580. The van der Waals surface area contributed by atoms with Crippen LogP contribution in [0.2, 0.25) is 0 Å². The lowest BCUT2D eigenvalue weighted by atomic mass is 9.95. The SMILES string of the molecule is CCN1CC([C@H](C)O)C1. The van der Waals surface area contributed by atoms with Crippen molar-refractivity contribution in [1.82, 2.24) is 4.90 Å². The number of hydrogen-bond acceptors (Lipinski definition) is 2. The summed E-state index contributed by atoms with van der Waals surface area (Å²) in [6, 6.07) is 0. The molecule has 1 rings (SSSR count). The molecule has 0 bridgehead atoms. The molecule has 1 atom stereocenters. The highest BCUT2D eigenvalue weighted by atomic mass is 16.3. The molecule has 0 aromatic rings. The highest BCUT2D eigenvalue weighted by Gasteiger charge is 2.28. The molecule has 0 aromatic heterocycles. The van der Waals surface area contributed by atoms with Gasteiger partial charge in [-0.3, -0.25) is 0 Å². The van der Waals surface area contributed by atoms with Crippen LogP contribution < -0.4 is 0 Å². The Morgan fingerprint density at radius 1 is 1.67 bits per heavy atom. The predicted octanol–water partition coefficient (Wildman–Crippen LogP) is 0.319.